The van der Waals surface area contributed by atoms with E-state index in [1.807, 2.05) is 6.92 Å². The molecule has 1 heterocycles. The molecule has 1 rings (SSSR count). The molecule has 0 aromatic heterocycles. The first-order valence-corrected chi connectivity index (χ1v) is 6.51. The maximum Gasteiger partial charge on any atom is 0.229 e. The third kappa shape index (κ3) is 3.62. The van der Waals surface area contributed by atoms with Crippen LogP contribution >= 0.6 is 0 Å². The van der Waals surface area contributed by atoms with Gasteiger partial charge in [0, 0.05) is 18.9 Å². The molecule has 92 valence electrons. The fraction of sp³-hybridized carbons (Fsp3) is 0.846. The first-order chi connectivity index (χ1) is 7.66. The maximum atomic E-state index is 11.8. The summed E-state index contributed by atoms with van der Waals surface area (Å²) in [5, 5.41) is 0. The molecule has 0 radical (unpaired) electrons. The van der Waals surface area contributed by atoms with Gasteiger partial charge in [0.15, 0.2) is 0 Å². The van der Waals surface area contributed by atoms with Crippen molar-refractivity contribution in [3.63, 3.8) is 0 Å². The summed E-state index contributed by atoms with van der Waals surface area (Å²) in [5.74, 6) is 0.0533. The SMILES string of the molecule is CCCCCCCC(=O)N1C(=O)CCC1C. The Hall–Kier alpha value is -0.860. The molecule has 1 aliphatic heterocycles. The van der Waals surface area contributed by atoms with E-state index < -0.39 is 0 Å². The normalized spacial score (nSPS) is 20.5. The molecule has 1 aliphatic rings. The van der Waals surface area contributed by atoms with Gasteiger partial charge in [-0.05, 0) is 19.8 Å². The molecule has 3 heteroatoms. The van der Waals surface area contributed by atoms with Crippen molar-refractivity contribution < 1.29 is 9.59 Å². The van der Waals surface area contributed by atoms with Crippen LogP contribution in [0, 0.1) is 0 Å². The summed E-state index contributed by atoms with van der Waals surface area (Å²) < 4.78 is 0. The summed E-state index contributed by atoms with van der Waals surface area (Å²) in [6, 6.07) is 0.121. The predicted molar refractivity (Wildman–Crippen MR) is 63.9 cm³/mol. The first kappa shape index (κ1) is 13.2. The Morgan fingerprint density at radius 2 is 2.00 bits per heavy atom. The van der Waals surface area contributed by atoms with Crippen molar-refractivity contribution in [2.45, 2.75) is 71.3 Å². The Morgan fingerprint density at radius 1 is 1.31 bits per heavy atom. The predicted octanol–water partition coefficient (Wildman–Crippen LogP) is 2.88. The molecular formula is C13H23NO2. The van der Waals surface area contributed by atoms with Crippen LogP contribution in [0.25, 0.3) is 0 Å². The molecule has 0 N–H and O–H groups in total. The van der Waals surface area contributed by atoms with Crippen molar-refractivity contribution in [1.82, 2.24) is 4.90 Å². The van der Waals surface area contributed by atoms with Crippen LogP contribution in [0.4, 0.5) is 0 Å². The van der Waals surface area contributed by atoms with Crippen molar-refractivity contribution >= 4 is 11.8 Å². The molecule has 3 nitrogen and oxygen atoms in total. The van der Waals surface area contributed by atoms with Crippen molar-refractivity contribution in [3.05, 3.63) is 0 Å². The zero-order valence-corrected chi connectivity index (χ0v) is 10.5. The average molecular weight is 225 g/mol. The molecule has 0 aliphatic carbocycles. The van der Waals surface area contributed by atoms with Gasteiger partial charge in [-0.3, -0.25) is 14.5 Å². The van der Waals surface area contributed by atoms with E-state index >= 15 is 0 Å². The van der Waals surface area contributed by atoms with Gasteiger partial charge in [-0.1, -0.05) is 32.6 Å². The largest absolute Gasteiger partial charge is 0.280 e. The molecular weight excluding hydrogens is 202 g/mol. The van der Waals surface area contributed by atoms with Gasteiger partial charge in [-0.2, -0.15) is 0 Å². The lowest BCUT2D eigenvalue weighted by Gasteiger charge is -2.19. The summed E-state index contributed by atoms with van der Waals surface area (Å²) in [6.07, 6.45) is 7.62. The summed E-state index contributed by atoms with van der Waals surface area (Å²) in [7, 11) is 0. The number of likely N-dealkylation sites (tertiary alicyclic amines) is 1. The standard InChI is InChI=1S/C13H23NO2/c1-3-4-5-6-7-8-12(15)14-11(2)9-10-13(14)16/h11H,3-10H2,1-2H3. The lowest BCUT2D eigenvalue weighted by atomic mass is 10.1. The van der Waals surface area contributed by atoms with Gasteiger partial charge < -0.3 is 0 Å². The first-order valence-electron chi connectivity index (χ1n) is 6.51. The molecule has 1 unspecified atom stereocenters. The van der Waals surface area contributed by atoms with E-state index in [1.165, 1.54) is 24.2 Å². The van der Waals surface area contributed by atoms with Gasteiger partial charge in [-0.15, -0.1) is 0 Å². The van der Waals surface area contributed by atoms with Gasteiger partial charge in [0.25, 0.3) is 0 Å². The Labute approximate surface area is 98.2 Å². The number of unbranched alkanes of at least 4 members (excludes halogenated alkanes) is 4. The van der Waals surface area contributed by atoms with Crippen LogP contribution in [0.5, 0.6) is 0 Å². The van der Waals surface area contributed by atoms with Crippen molar-refractivity contribution in [2.75, 3.05) is 0 Å². The fourth-order valence-electron chi connectivity index (χ4n) is 2.21. The van der Waals surface area contributed by atoms with E-state index in [9.17, 15) is 9.59 Å². The van der Waals surface area contributed by atoms with Gasteiger partial charge >= 0.3 is 0 Å². The van der Waals surface area contributed by atoms with Crippen LogP contribution < -0.4 is 0 Å². The molecule has 1 saturated heterocycles. The quantitative estimate of drug-likeness (QED) is 0.652. The smallest absolute Gasteiger partial charge is 0.229 e. The number of amides is 2. The minimum atomic E-state index is 0.0195. The van der Waals surface area contributed by atoms with E-state index in [0.29, 0.717) is 12.8 Å². The van der Waals surface area contributed by atoms with Crippen LogP contribution in [-0.2, 0) is 9.59 Å². The molecule has 1 fully saturated rings. The third-order valence-electron chi connectivity index (χ3n) is 3.25. The minimum Gasteiger partial charge on any atom is -0.280 e. The average Bonchev–Trinajstić information content (AvgIpc) is 2.58. The molecule has 2 amide bonds. The number of nitrogens with zero attached hydrogens (tertiary/aromatic N) is 1. The third-order valence-corrected chi connectivity index (χ3v) is 3.25. The molecule has 0 aromatic rings. The second-order valence-electron chi connectivity index (χ2n) is 4.71. The zero-order valence-electron chi connectivity index (χ0n) is 10.5. The Morgan fingerprint density at radius 3 is 2.56 bits per heavy atom. The molecule has 0 saturated carbocycles. The van der Waals surface area contributed by atoms with Crippen LogP contribution in [-0.4, -0.2) is 22.8 Å². The number of hydrogen-bond donors (Lipinski definition) is 0. The molecule has 0 spiro atoms. The molecule has 1 atom stereocenters. The highest BCUT2D eigenvalue weighted by atomic mass is 16.2. The molecule has 16 heavy (non-hydrogen) atoms. The summed E-state index contributed by atoms with van der Waals surface area (Å²) in [5.41, 5.74) is 0. The second-order valence-corrected chi connectivity index (χ2v) is 4.71. The Kier molecular flexibility index (Phi) is 5.50. The Bertz CT molecular complexity index is 250. The number of carbonyl (C=O) groups excluding carboxylic acids is 2. The lowest BCUT2D eigenvalue weighted by Crippen LogP contribution is -2.36. The number of rotatable bonds is 6. The van der Waals surface area contributed by atoms with E-state index in [4.69, 9.17) is 0 Å². The van der Waals surface area contributed by atoms with Gasteiger partial charge in [0.2, 0.25) is 11.8 Å². The molecule has 0 aromatic carbocycles. The minimum absolute atomic E-state index is 0.0195. The van der Waals surface area contributed by atoms with Crippen molar-refractivity contribution in [2.24, 2.45) is 0 Å². The van der Waals surface area contributed by atoms with Gasteiger partial charge in [0.05, 0.1) is 0 Å². The van der Waals surface area contributed by atoms with E-state index in [-0.39, 0.29) is 17.9 Å². The number of carbonyl (C=O) groups is 2. The number of hydrogen-bond acceptors (Lipinski definition) is 2. The highest BCUT2D eigenvalue weighted by Gasteiger charge is 2.31. The van der Waals surface area contributed by atoms with Crippen molar-refractivity contribution in [1.29, 1.82) is 0 Å². The highest BCUT2D eigenvalue weighted by Crippen LogP contribution is 2.20. The van der Waals surface area contributed by atoms with Gasteiger partial charge in [0.1, 0.15) is 0 Å². The fourth-order valence-corrected chi connectivity index (χ4v) is 2.21. The number of imide groups is 1. The summed E-state index contributed by atoms with van der Waals surface area (Å²) in [6.45, 7) is 4.13. The van der Waals surface area contributed by atoms with Crippen LogP contribution in [0.3, 0.4) is 0 Å². The Balaban J connectivity index is 2.21. The summed E-state index contributed by atoms with van der Waals surface area (Å²) >= 11 is 0. The topological polar surface area (TPSA) is 37.4 Å². The van der Waals surface area contributed by atoms with E-state index in [0.717, 1.165) is 19.3 Å². The lowest BCUT2D eigenvalue weighted by molar-refractivity contribution is -0.143. The zero-order chi connectivity index (χ0) is 12.0. The van der Waals surface area contributed by atoms with Crippen LogP contribution in [0.2, 0.25) is 0 Å². The molecule has 0 bridgehead atoms. The maximum absolute atomic E-state index is 11.8. The van der Waals surface area contributed by atoms with Gasteiger partial charge in [-0.25, -0.2) is 0 Å². The van der Waals surface area contributed by atoms with E-state index in [2.05, 4.69) is 6.92 Å². The monoisotopic (exact) mass is 225 g/mol. The van der Waals surface area contributed by atoms with E-state index in [1.54, 1.807) is 0 Å². The van der Waals surface area contributed by atoms with Crippen LogP contribution in [0.1, 0.15) is 65.2 Å². The highest BCUT2D eigenvalue weighted by molar-refractivity contribution is 5.97. The van der Waals surface area contributed by atoms with Crippen LogP contribution in [0.15, 0.2) is 0 Å². The summed E-state index contributed by atoms with van der Waals surface area (Å²) in [4.78, 5) is 24.7. The second kappa shape index (κ2) is 6.66. The van der Waals surface area contributed by atoms with Crippen molar-refractivity contribution in [3.8, 4) is 0 Å².